The fourth-order valence-electron chi connectivity index (χ4n) is 2.41. The lowest BCUT2D eigenvalue weighted by Gasteiger charge is -2.10. The molecule has 0 aliphatic heterocycles. The van der Waals surface area contributed by atoms with Crippen LogP contribution in [0.15, 0.2) is 47.8 Å². The van der Waals surface area contributed by atoms with Crippen molar-refractivity contribution in [2.24, 2.45) is 0 Å². The summed E-state index contributed by atoms with van der Waals surface area (Å²) in [4.78, 5) is 4.70. The molecule has 0 aliphatic rings. The normalized spacial score (nSPS) is 12.5. The van der Waals surface area contributed by atoms with Gasteiger partial charge in [-0.2, -0.15) is 0 Å². The van der Waals surface area contributed by atoms with E-state index in [0.717, 1.165) is 10.8 Å². The zero-order valence-corrected chi connectivity index (χ0v) is 13.0. The molecule has 0 saturated heterocycles. The molecule has 4 heteroatoms. The highest BCUT2D eigenvalue weighted by Crippen LogP contribution is 2.31. The molecule has 0 fully saturated rings. The molecule has 3 aromatic rings. The van der Waals surface area contributed by atoms with Gasteiger partial charge in [0.1, 0.15) is 0 Å². The first-order valence-electron chi connectivity index (χ1n) is 6.97. The van der Waals surface area contributed by atoms with Crippen LogP contribution in [0.3, 0.4) is 0 Å². The Balaban J connectivity index is 1.91. The van der Waals surface area contributed by atoms with Gasteiger partial charge in [0.05, 0.1) is 12.3 Å². The van der Waals surface area contributed by atoms with Crippen LogP contribution in [0.1, 0.15) is 6.92 Å². The second-order valence-electron chi connectivity index (χ2n) is 5.07. The molecular formula is C17H18N2OS. The van der Waals surface area contributed by atoms with Crippen LogP contribution in [0.25, 0.3) is 22.0 Å². The van der Waals surface area contributed by atoms with Crippen molar-refractivity contribution in [3.8, 4) is 11.3 Å². The number of fused-ring (bicyclic) bond motifs is 1. The fourth-order valence-corrected chi connectivity index (χ4v) is 3.24. The van der Waals surface area contributed by atoms with Crippen molar-refractivity contribution in [2.75, 3.05) is 19.0 Å². The van der Waals surface area contributed by atoms with Gasteiger partial charge < -0.3 is 10.1 Å². The van der Waals surface area contributed by atoms with Gasteiger partial charge in [-0.3, -0.25) is 0 Å². The number of hydrogen-bond acceptors (Lipinski definition) is 4. The molecule has 0 aliphatic carbocycles. The van der Waals surface area contributed by atoms with E-state index in [4.69, 9.17) is 9.72 Å². The molecule has 2 aromatic carbocycles. The number of aromatic nitrogens is 1. The van der Waals surface area contributed by atoms with Crippen LogP contribution in [0, 0.1) is 0 Å². The van der Waals surface area contributed by atoms with Crippen LogP contribution < -0.4 is 5.32 Å². The smallest absolute Gasteiger partial charge is 0.183 e. The minimum atomic E-state index is 0.251. The highest BCUT2D eigenvalue weighted by atomic mass is 32.1. The van der Waals surface area contributed by atoms with Crippen molar-refractivity contribution in [2.45, 2.75) is 13.0 Å². The van der Waals surface area contributed by atoms with Crippen LogP contribution in [-0.2, 0) is 4.74 Å². The maximum atomic E-state index is 5.14. The van der Waals surface area contributed by atoms with E-state index in [-0.39, 0.29) is 6.04 Å². The second kappa shape index (κ2) is 6.24. The number of nitrogens with one attached hydrogen (secondary N) is 1. The van der Waals surface area contributed by atoms with Crippen LogP contribution in [0.5, 0.6) is 0 Å². The third-order valence-electron chi connectivity index (χ3n) is 3.36. The number of hydrogen-bond donors (Lipinski definition) is 1. The van der Waals surface area contributed by atoms with Gasteiger partial charge in [0.2, 0.25) is 0 Å². The van der Waals surface area contributed by atoms with E-state index in [2.05, 4.69) is 60.1 Å². The summed E-state index contributed by atoms with van der Waals surface area (Å²) in [6.07, 6.45) is 0. The monoisotopic (exact) mass is 298 g/mol. The molecule has 1 N–H and O–H groups in total. The Morgan fingerprint density at radius 2 is 2.00 bits per heavy atom. The lowest BCUT2D eigenvalue weighted by Crippen LogP contribution is -2.20. The number of ether oxygens (including phenoxy) is 1. The Labute approximate surface area is 128 Å². The summed E-state index contributed by atoms with van der Waals surface area (Å²) in [6, 6.07) is 15.0. The summed E-state index contributed by atoms with van der Waals surface area (Å²) in [5, 5.41) is 8.88. The molecule has 3 nitrogen and oxygen atoms in total. The molecule has 0 bridgehead atoms. The first-order chi connectivity index (χ1) is 10.3. The number of anilines is 1. The summed E-state index contributed by atoms with van der Waals surface area (Å²) < 4.78 is 5.14. The lowest BCUT2D eigenvalue weighted by molar-refractivity contribution is 0.190. The van der Waals surface area contributed by atoms with E-state index in [1.165, 1.54) is 16.3 Å². The van der Waals surface area contributed by atoms with Gasteiger partial charge in [0.15, 0.2) is 5.13 Å². The van der Waals surface area contributed by atoms with Gasteiger partial charge in [0, 0.05) is 24.1 Å². The Morgan fingerprint density at radius 3 is 2.86 bits per heavy atom. The van der Waals surface area contributed by atoms with Gasteiger partial charge >= 0.3 is 0 Å². The molecule has 0 amide bonds. The van der Waals surface area contributed by atoms with Crippen LogP contribution in [-0.4, -0.2) is 24.7 Å². The summed E-state index contributed by atoms with van der Waals surface area (Å²) in [5.74, 6) is 0. The van der Waals surface area contributed by atoms with Crippen molar-refractivity contribution < 1.29 is 4.74 Å². The van der Waals surface area contributed by atoms with Gasteiger partial charge in [-0.25, -0.2) is 4.98 Å². The second-order valence-corrected chi connectivity index (χ2v) is 5.92. The number of nitrogens with zero attached hydrogens (tertiary/aromatic N) is 1. The molecule has 1 heterocycles. The number of rotatable bonds is 5. The maximum absolute atomic E-state index is 5.14. The van der Waals surface area contributed by atoms with Gasteiger partial charge in [-0.05, 0) is 17.7 Å². The number of thiazole rings is 1. The van der Waals surface area contributed by atoms with Crippen molar-refractivity contribution in [1.29, 1.82) is 0 Å². The summed E-state index contributed by atoms with van der Waals surface area (Å²) >= 11 is 1.63. The van der Waals surface area contributed by atoms with Gasteiger partial charge in [-0.15, -0.1) is 11.3 Å². The highest BCUT2D eigenvalue weighted by Gasteiger charge is 2.09. The first kappa shape index (κ1) is 14.0. The molecule has 0 unspecified atom stereocenters. The SMILES string of the molecule is COC[C@@H](C)Nc1nc(-c2cccc3ccccc23)cs1. The predicted octanol–water partition coefficient (Wildman–Crippen LogP) is 4.41. The van der Waals surface area contributed by atoms with Crippen molar-refractivity contribution in [3.05, 3.63) is 47.8 Å². The molecule has 1 aromatic heterocycles. The molecule has 3 rings (SSSR count). The first-order valence-corrected chi connectivity index (χ1v) is 7.85. The van der Waals surface area contributed by atoms with Crippen LogP contribution in [0.4, 0.5) is 5.13 Å². The minimum absolute atomic E-state index is 0.251. The molecule has 21 heavy (non-hydrogen) atoms. The van der Waals surface area contributed by atoms with Crippen LogP contribution in [0.2, 0.25) is 0 Å². The Hall–Kier alpha value is -1.91. The summed E-state index contributed by atoms with van der Waals surface area (Å²) in [7, 11) is 1.71. The van der Waals surface area contributed by atoms with E-state index in [1.54, 1.807) is 18.4 Å². The Kier molecular flexibility index (Phi) is 4.18. The van der Waals surface area contributed by atoms with Crippen molar-refractivity contribution >= 4 is 27.2 Å². The van der Waals surface area contributed by atoms with Gasteiger partial charge in [0.25, 0.3) is 0 Å². The lowest BCUT2D eigenvalue weighted by atomic mass is 10.0. The molecule has 1 atom stereocenters. The minimum Gasteiger partial charge on any atom is -0.383 e. The average molecular weight is 298 g/mol. The zero-order valence-electron chi connectivity index (χ0n) is 12.2. The van der Waals surface area contributed by atoms with E-state index in [1.807, 2.05) is 0 Å². The van der Waals surface area contributed by atoms with Crippen molar-refractivity contribution in [3.63, 3.8) is 0 Å². The Bertz CT molecular complexity index is 733. The Morgan fingerprint density at radius 1 is 1.19 bits per heavy atom. The zero-order chi connectivity index (χ0) is 14.7. The van der Waals surface area contributed by atoms with E-state index in [0.29, 0.717) is 6.61 Å². The van der Waals surface area contributed by atoms with E-state index in [9.17, 15) is 0 Å². The molecule has 0 radical (unpaired) electrons. The molecule has 108 valence electrons. The van der Waals surface area contributed by atoms with E-state index >= 15 is 0 Å². The fraction of sp³-hybridized carbons (Fsp3) is 0.235. The highest BCUT2D eigenvalue weighted by molar-refractivity contribution is 7.14. The molecular weight excluding hydrogens is 280 g/mol. The predicted molar refractivity (Wildman–Crippen MR) is 90.0 cm³/mol. The average Bonchev–Trinajstić information content (AvgIpc) is 2.95. The standard InChI is InChI=1S/C17H18N2OS/c1-12(10-20-2)18-17-19-16(11-21-17)15-9-5-7-13-6-3-4-8-14(13)15/h3-9,11-12H,10H2,1-2H3,(H,18,19)/t12-/m1/s1. The van der Waals surface area contributed by atoms with Crippen LogP contribution >= 0.6 is 11.3 Å². The van der Waals surface area contributed by atoms with Crippen molar-refractivity contribution in [1.82, 2.24) is 4.98 Å². The summed E-state index contributed by atoms with van der Waals surface area (Å²) in [5.41, 5.74) is 2.20. The third kappa shape index (κ3) is 3.06. The topological polar surface area (TPSA) is 34.1 Å². The summed E-state index contributed by atoms with van der Waals surface area (Å²) in [6.45, 7) is 2.76. The third-order valence-corrected chi connectivity index (χ3v) is 4.13. The van der Waals surface area contributed by atoms with Gasteiger partial charge in [-0.1, -0.05) is 42.5 Å². The largest absolute Gasteiger partial charge is 0.383 e. The molecule has 0 spiro atoms. The number of methoxy groups -OCH3 is 1. The van der Waals surface area contributed by atoms with E-state index < -0.39 is 0 Å². The maximum Gasteiger partial charge on any atom is 0.183 e. The number of benzene rings is 2. The molecule has 0 saturated carbocycles. The quantitative estimate of drug-likeness (QED) is 0.757.